The molecule has 0 atom stereocenters. The number of hydrogen-bond acceptors (Lipinski definition) is 0. The monoisotopic (exact) mass is 416 g/mol. The lowest BCUT2D eigenvalue weighted by Crippen LogP contribution is -2.59. The standard InChI is InChI=1S/C30H17BN2/c1-5-13-24-18(9-1)20-17-21-19-10-2-6-14-25(19)33-27-16-8-4-12-23(27)31-22-11-3-7-15-26(22)32(24)29(20)28(31)30(21)33/h1-17H. The van der Waals surface area contributed by atoms with Crippen LogP contribution in [0.3, 0.4) is 0 Å². The second-order valence-electron chi connectivity index (χ2n) is 9.34. The van der Waals surface area contributed by atoms with E-state index in [1.54, 1.807) is 0 Å². The van der Waals surface area contributed by atoms with E-state index < -0.39 is 0 Å². The van der Waals surface area contributed by atoms with Gasteiger partial charge in [0, 0.05) is 32.9 Å². The molecule has 0 fully saturated rings. The lowest BCUT2D eigenvalue weighted by molar-refractivity contribution is 1.17. The largest absolute Gasteiger partial charge is 0.310 e. The first-order valence-corrected chi connectivity index (χ1v) is 11.6. The van der Waals surface area contributed by atoms with Gasteiger partial charge in [-0.25, -0.2) is 0 Å². The first-order valence-electron chi connectivity index (χ1n) is 11.6. The van der Waals surface area contributed by atoms with Crippen molar-refractivity contribution in [1.82, 2.24) is 9.13 Å². The number of hydrogen-bond donors (Lipinski definition) is 0. The summed E-state index contributed by atoms with van der Waals surface area (Å²) < 4.78 is 5.03. The Hall–Kier alpha value is -4.24. The Morgan fingerprint density at radius 3 is 1.45 bits per heavy atom. The van der Waals surface area contributed by atoms with Crippen LogP contribution >= 0.6 is 0 Å². The van der Waals surface area contributed by atoms with Gasteiger partial charge in [-0.15, -0.1) is 0 Å². The summed E-state index contributed by atoms with van der Waals surface area (Å²) in [6.45, 7) is 0.234. The van der Waals surface area contributed by atoms with Crippen LogP contribution in [-0.2, 0) is 0 Å². The van der Waals surface area contributed by atoms with Gasteiger partial charge in [0.25, 0.3) is 6.71 Å². The Kier molecular flexibility index (Phi) is 2.68. The fourth-order valence-corrected chi connectivity index (χ4v) is 6.73. The highest BCUT2D eigenvalue weighted by Crippen LogP contribution is 2.41. The molecule has 0 radical (unpaired) electrons. The van der Waals surface area contributed by atoms with E-state index in [0.29, 0.717) is 0 Å². The predicted octanol–water partition coefficient (Wildman–Crippen LogP) is 5.02. The molecule has 0 spiro atoms. The molecule has 0 unspecified atom stereocenters. The Balaban J connectivity index is 1.69. The zero-order valence-electron chi connectivity index (χ0n) is 17.8. The molecule has 2 aliphatic rings. The summed E-state index contributed by atoms with van der Waals surface area (Å²) in [4.78, 5) is 0. The minimum absolute atomic E-state index is 0.234. The average Bonchev–Trinajstić information content (AvgIpc) is 3.40. The normalized spacial score (nSPS) is 13.4. The van der Waals surface area contributed by atoms with E-state index >= 15 is 0 Å². The minimum Gasteiger partial charge on any atom is -0.310 e. The third-order valence-electron chi connectivity index (χ3n) is 7.89. The molecule has 9 rings (SSSR count). The highest BCUT2D eigenvalue weighted by molar-refractivity contribution is 7.00. The van der Waals surface area contributed by atoms with Crippen molar-refractivity contribution in [3.05, 3.63) is 103 Å². The minimum atomic E-state index is 0.234. The smallest absolute Gasteiger partial charge is 0.252 e. The van der Waals surface area contributed by atoms with Crippen LogP contribution in [0.4, 0.5) is 0 Å². The molecule has 4 heterocycles. The van der Waals surface area contributed by atoms with Crippen molar-refractivity contribution in [2.75, 3.05) is 0 Å². The van der Waals surface area contributed by atoms with Gasteiger partial charge in [0.05, 0.1) is 22.1 Å². The van der Waals surface area contributed by atoms with Gasteiger partial charge >= 0.3 is 0 Å². The fourth-order valence-electron chi connectivity index (χ4n) is 6.73. The number of nitrogens with zero attached hydrogens (tertiary/aromatic N) is 2. The topological polar surface area (TPSA) is 9.86 Å². The summed E-state index contributed by atoms with van der Waals surface area (Å²) in [5, 5.41) is 5.37. The van der Waals surface area contributed by atoms with Crippen LogP contribution in [0, 0.1) is 0 Å². The third-order valence-corrected chi connectivity index (χ3v) is 7.89. The third kappa shape index (κ3) is 1.71. The van der Waals surface area contributed by atoms with Crippen molar-refractivity contribution >= 4 is 66.7 Å². The molecule has 2 nitrogen and oxygen atoms in total. The van der Waals surface area contributed by atoms with E-state index in [2.05, 4.69) is 112 Å². The summed E-state index contributed by atoms with van der Waals surface area (Å²) in [6, 6.07) is 38.2. The zero-order valence-corrected chi connectivity index (χ0v) is 17.8. The van der Waals surface area contributed by atoms with Gasteiger partial charge in [0.15, 0.2) is 0 Å². The second kappa shape index (κ2) is 5.39. The fraction of sp³-hybridized carbons (Fsp3) is 0. The molecule has 0 saturated heterocycles. The van der Waals surface area contributed by atoms with Crippen molar-refractivity contribution in [2.45, 2.75) is 0 Å². The second-order valence-corrected chi connectivity index (χ2v) is 9.34. The lowest BCUT2D eigenvalue weighted by Gasteiger charge is -2.32. The van der Waals surface area contributed by atoms with Gasteiger partial charge in [-0.2, -0.15) is 0 Å². The van der Waals surface area contributed by atoms with Crippen LogP contribution < -0.4 is 16.4 Å². The van der Waals surface area contributed by atoms with Crippen LogP contribution in [0.2, 0.25) is 0 Å². The van der Waals surface area contributed by atoms with Gasteiger partial charge in [-0.05, 0) is 46.7 Å². The number of rotatable bonds is 0. The SMILES string of the molecule is c1ccc2c(c1)B1c3ccccc3-n3c4ccccc4c4cc5c6ccccc6n-2c5c1c43. The Morgan fingerprint density at radius 1 is 0.455 bits per heavy atom. The van der Waals surface area contributed by atoms with Crippen LogP contribution in [-0.4, -0.2) is 15.8 Å². The molecule has 0 N–H and O–H groups in total. The zero-order chi connectivity index (χ0) is 21.3. The molecular weight excluding hydrogens is 399 g/mol. The molecule has 2 aliphatic heterocycles. The number of fused-ring (bicyclic) bond motifs is 12. The maximum Gasteiger partial charge on any atom is 0.252 e. The molecule has 2 aromatic heterocycles. The maximum atomic E-state index is 2.52. The first-order chi connectivity index (χ1) is 16.4. The number of para-hydroxylation sites is 4. The van der Waals surface area contributed by atoms with Crippen molar-refractivity contribution < 1.29 is 0 Å². The quantitative estimate of drug-likeness (QED) is 0.307. The number of benzene rings is 5. The van der Waals surface area contributed by atoms with Gasteiger partial charge in [0.1, 0.15) is 0 Å². The van der Waals surface area contributed by atoms with E-state index in [1.807, 2.05) is 0 Å². The first kappa shape index (κ1) is 16.4. The van der Waals surface area contributed by atoms with Crippen LogP contribution in [0.1, 0.15) is 0 Å². The van der Waals surface area contributed by atoms with E-state index in [4.69, 9.17) is 0 Å². The molecule has 0 saturated carbocycles. The molecule has 150 valence electrons. The van der Waals surface area contributed by atoms with Crippen LogP contribution in [0.15, 0.2) is 103 Å². The van der Waals surface area contributed by atoms with Crippen LogP contribution in [0.25, 0.3) is 55.0 Å². The summed E-state index contributed by atoms with van der Waals surface area (Å²) in [7, 11) is 0. The van der Waals surface area contributed by atoms with Crippen LogP contribution in [0.5, 0.6) is 0 Å². The summed E-state index contributed by atoms with van der Waals surface area (Å²) in [5.74, 6) is 0. The van der Waals surface area contributed by atoms with Gasteiger partial charge in [-0.3, -0.25) is 0 Å². The molecule has 7 aromatic rings. The summed E-state index contributed by atoms with van der Waals surface area (Å²) in [5.41, 5.74) is 12.2. The highest BCUT2D eigenvalue weighted by atomic mass is 15.0. The van der Waals surface area contributed by atoms with E-state index in [-0.39, 0.29) is 6.71 Å². The molecule has 0 bridgehead atoms. The van der Waals surface area contributed by atoms with Crippen molar-refractivity contribution in [3.8, 4) is 11.4 Å². The molecule has 0 aliphatic carbocycles. The lowest BCUT2D eigenvalue weighted by atomic mass is 9.34. The molecule has 5 aromatic carbocycles. The Morgan fingerprint density at radius 2 is 0.909 bits per heavy atom. The van der Waals surface area contributed by atoms with Crippen molar-refractivity contribution in [2.24, 2.45) is 0 Å². The molecular formula is C30H17BN2. The average molecular weight is 416 g/mol. The van der Waals surface area contributed by atoms with Gasteiger partial charge in [0.2, 0.25) is 0 Å². The summed E-state index contributed by atoms with van der Waals surface area (Å²) in [6.07, 6.45) is 0. The summed E-state index contributed by atoms with van der Waals surface area (Å²) >= 11 is 0. The molecule has 33 heavy (non-hydrogen) atoms. The maximum absolute atomic E-state index is 2.52. The number of aromatic nitrogens is 2. The van der Waals surface area contributed by atoms with E-state index in [0.717, 1.165) is 0 Å². The van der Waals surface area contributed by atoms with E-state index in [9.17, 15) is 0 Å². The van der Waals surface area contributed by atoms with Crippen molar-refractivity contribution in [1.29, 1.82) is 0 Å². The predicted molar refractivity (Wildman–Crippen MR) is 140 cm³/mol. The Bertz CT molecular complexity index is 1850. The molecule has 0 amide bonds. The van der Waals surface area contributed by atoms with Gasteiger partial charge in [-0.1, -0.05) is 72.8 Å². The van der Waals surface area contributed by atoms with Gasteiger partial charge < -0.3 is 9.13 Å². The van der Waals surface area contributed by atoms with E-state index in [1.165, 1.54) is 71.4 Å². The van der Waals surface area contributed by atoms with Crippen molar-refractivity contribution in [3.63, 3.8) is 0 Å². The Labute approximate surface area is 190 Å². The molecule has 3 heteroatoms. The highest BCUT2D eigenvalue weighted by Gasteiger charge is 2.40.